The van der Waals surface area contributed by atoms with Crippen LogP contribution in [0.1, 0.15) is 40.2 Å². The van der Waals surface area contributed by atoms with Crippen molar-refractivity contribution in [3.05, 3.63) is 29.8 Å². The van der Waals surface area contributed by atoms with Crippen LogP contribution in [0.3, 0.4) is 0 Å². The Hall–Kier alpha value is -2.99. The first kappa shape index (κ1) is 18.8. The fraction of sp³-hybridized carbons (Fsp3) is 0.476. The molecule has 3 rings (SSSR count). The van der Waals surface area contributed by atoms with Crippen molar-refractivity contribution >= 4 is 22.8 Å². The molecule has 0 radical (unpaired) electrons. The molecule has 1 atom stereocenters. The Bertz CT molecular complexity index is 970. The van der Waals surface area contributed by atoms with E-state index in [1.807, 2.05) is 63.8 Å². The molecule has 0 saturated carbocycles. The minimum Gasteiger partial charge on any atom is -0.443 e. The fourth-order valence-electron chi connectivity index (χ4n) is 3.85. The highest BCUT2D eigenvalue weighted by molar-refractivity contribution is 5.99. The van der Waals surface area contributed by atoms with Gasteiger partial charge in [-0.15, -0.1) is 0 Å². The molecule has 6 heteroatoms. The smallest absolute Gasteiger partial charge is 0.420 e. The monoisotopic (exact) mass is 364 g/mol. The van der Waals surface area contributed by atoms with E-state index in [2.05, 4.69) is 12.1 Å². The molecule has 140 valence electrons. The van der Waals surface area contributed by atoms with Gasteiger partial charge in [0.05, 0.1) is 23.7 Å². The summed E-state index contributed by atoms with van der Waals surface area (Å²) in [5.41, 5.74) is -0.213. The molecule has 0 amide bonds. The second kappa shape index (κ2) is 6.32. The summed E-state index contributed by atoms with van der Waals surface area (Å²) in [5.74, 6) is 0.724. The summed E-state index contributed by atoms with van der Waals surface area (Å²) in [6, 6.07) is 11.7. The third kappa shape index (κ3) is 2.82. The molecular weight excluding hydrogens is 340 g/mol. The number of hydrogen-bond acceptors (Lipinski definition) is 5. The number of nitrogens with zero attached hydrogens (tertiary/aromatic N) is 4. The average molecular weight is 364 g/mol. The normalized spacial score (nSPS) is 18.5. The summed E-state index contributed by atoms with van der Waals surface area (Å²) >= 11 is 0. The Morgan fingerprint density at radius 2 is 1.93 bits per heavy atom. The van der Waals surface area contributed by atoms with E-state index in [1.54, 1.807) is 4.57 Å². The van der Waals surface area contributed by atoms with Crippen molar-refractivity contribution in [3.63, 3.8) is 0 Å². The number of nitriles is 2. The van der Waals surface area contributed by atoms with E-state index < -0.39 is 17.1 Å². The second-order valence-electron chi connectivity index (χ2n) is 7.97. The lowest BCUT2D eigenvalue weighted by atomic mass is 9.74. The molecule has 0 saturated heterocycles. The van der Waals surface area contributed by atoms with Crippen LogP contribution in [0.25, 0.3) is 10.9 Å². The standard InChI is InChI=1S/C21H24N4O2/c1-6-24-14(2)21(12-22,13-23)11-16-15-9-7-8-10-17(15)25(18(16)24)19(26)27-20(3,4)5/h7-10,14H,6,11H2,1-5H3. The van der Waals surface area contributed by atoms with Gasteiger partial charge in [-0.25, -0.2) is 9.36 Å². The fourth-order valence-corrected chi connectivity index (χ4v) is 3.85. The van der Waals surface area contributed by atoms with Crippen LogP contribution in [0.2, 0.25) is 0 Å². The summed E-state index contributed by atoms with van der Waals surface area (Å²) < 4.78 is 7.25. The summed E-state index contributed by atoms with van der Waals surface area (Å²) in [4.78, 5) is 15.0. The van der Waals surface area contributed by atoms with E-state index in [0.717, 1.165) is 22.3 Å². The van der Waals surface area contributed by atoms with Crippen LogP contribution in [-0.2, 0) is 11.2 Å². The Morgan fingerprint density at radius 1 is 1.30 bits per heavy atom. The minimum atomic E-state index is -1.16. The van der Waals surface area contributed by atoms with Gasteiger partial charge in [-0.2, -0.15) is 10.5 Å². The molecule has 27 heavy (non-hydrogen) atoms. The highest BCUT2D eigenvalue weighted by atomic mass is 16.6. The molecule has 1 aliphatic rings. The van der Waals surface area contributed by atoms with E-state index in [0.29, 0.717) is 6.54 Å². The number of anilines is 1. The van der Waals surface area contributed by atoms with Gasteiger partial charge in [-0.3, -0.25) is 0 Å². The van der Waals surface area contributed by atoms with Crippen molar-refractivity contribution in [1.82, 2.24) is 4.57 Å². The van der Waals surface area contributed by atoms with Crippen molar-refractivity contribution in [3.8, 4) is 12.1 Å². The molecule has 1 aromatic carbocycles. The number of carbonyl (C=O) groups excluding carboxylic acids is 1. The van der Waals surface area contributed by atoms with Crippen LogP contribution in [0.4, 0.5) is 10.6 Å². The molecule has 1 unspecified atom stereocenters. The van der Waals surface area contributed by atoms with Crippen molar-refractivity contribution < 1.29 is 9.53 Å². The van der Waals surface area contributed by atoms with E-state index in [9.17, 15) is 15.3 Å². The zero-order chi connectivity index (χ0) is 20.0. The molecule has 0 N–H and O–H groups in total. The average Bonchev–Trinajstić information content (AvgIpc) is 2.94. The molecule has 6 nitrogen and oxygen atoms in total. The lowest BCUT2D eigenvalue weighted by Gasteiger charge is -2.42. The van der Waals surface area contributed by atoms with Gasteiger partial charge in [0, 0.05) is 23.9 Å². The molecule has 0 bridgehead atoms. The van der Waals surface area contributed by atoms with Gasteiger partial charge in [0.2, 0.25) is 0 Å². The van der Waals surface area contributed by atoms with Gasteiger partial charge in [-0.1, -0.05) is 18.2 Å². The molecule has 2 heterocycles. The topological polar surface area (TPSA) is 82.0 Å². The predicted molar refractivity (Wildman–Crippen MR) is 103 cm³/mol. The van der Waals surface area contributed by atoms with Gasteiger partial charge < -0.3 is 9.64 Å². The van der Waals surface area contributed by atoms with E-state index in [4.69, 9.17) is 4.74 Å². The lowest BCUT2D eigenvalue weighted by Crippen LogP contribution is -2.51. The van der Waals surface area contributed by atoms with Gasteiger partial charge >= 0.3 is 6.09 Å². The molecule has 0 aliphatic carbocycles. The molecule has 2 aromatic rings. The molecular formula is C21H24N4O2. The number of carbonyl (C=O) groups is 1. The zero-order valence-corrected chi connectivity index (χ0v) is 16.4. The Morgan fingerprint density at radius 3 is 2.48 bits per heavy atom. The maximum atomic E-state index is 13.1. The lowest BCUT2D eigenvalue weighted by molar-refractivity contribution is 0.0545. The first-order valence-corrected chi connectivity index (χ1v) is 9.14. The van der Waals surface area contributed by atoms with Crippen LogP contribution in [0, 0.1) is 28.1 Å². The molecule has 1 aromatic heterocycles. The zero-order valence-electron chi connectivity index (χ0n) is 16.4. The van der Waals surface area contributed by atoms with Crippen molar-refractivity contribution in [2.24, 2.45) is 5.41 Å². The number of benzene rings is 1. The third-order valence-corrected chi connectivity index (χ3v) is 5.18. The molecule has 0 spiro atoms. The van der Waals surface area contributed by atoms with Gasteiger partial charge in [0.1, 0.15) is 11.4 Å². The summed E-state index contributed by atoms with van der Waals surface area (Å²) in [6.07, 6.45) is -0.171. The van der Waals surface area contributed by atoms with Crippen LogP contribution in [0.15, 0.2) is 24.3 Å². The van der Waals surface area contributed by atoms with E-state index >= 15 is 0 Å². The highest BCUT2D eigenvalue weighted by Gasteiger charge is 2.48. The predicted octanol–water partition coefficient (Wildman–Crippen LogP) is 4.23. The van der Waals surface area contributed by atoms with Crippen LogP contribution < -0.4 is 4.90 Å². The minimum absolute atomic E-state index is 0.281. The number of para-hydroxylation sites is 1. The van der Waals surface area contributed by atoms with Crippen LogP contribution in [-0.4, -0.2) is 28.8 Å². The number of hydrogen-bond donors (Lipinski definition) is 0. The Labute approximate surface area is 159 Å². The summed E-state index contributed by atoms with van der Waals surface area (Å²) in [6.45, 7) is 9.90. The summed E-state index contributed by atoms with van der Waals surface area (Å²) in [7, 11) is 0. The molecule has 1 aliphatic heterocycles. The summed E-state index contributed by atoms with van der Waals surface area (Å²) in [5, 5.41) is 20.5. The number of fused-ring (bicyclic) bond motifs is 3. The number of rotatable bonds is 1. The number of aromatic nitrogens is 1. The third-order valence-electron chi connectivity index (χ3n) is 5.18. The van der Waals surface area contributed by atoms with E-state index in [-0.39, 0.29) is 12.5 Å². The second-order valence-corrected chi connectivity index (χ2v) is 7.97. The van der Waals surface area contributed by atoms with Crippen molar-refractivity contribution in [2.75, 3.05) is 11.4 Å². The van der Waals surface area contributed by atoms with Gasteiger partial charge in [0.25, 0.3) is 0 Å². The van der Waals surface area contributed by atoms with Crippen molar-refractivity contribution in [2.45, 2.75) is 52.7 Å². The largest absolute Gasteiger partial charge is 0.443 e. The maximum Gasteiger partial charge on any atom is 0.420 e. The maximum absolute atomic E-state index is 13.1. The first-order valence-electron chi connectivity index (χ1n) is 9.14. The SMILES string of the molecule is CCN1c2c(c3ccccc3n2C(=O)OC(C)(C)C)CC(C#N)(C#N)C1C. The highest BCUT2D eigenvalue weighted by Crippen LogP contribution is 2.45. The first-order chi connectivity index (χ1) is 12.7. The Balaban J connectivity index is 2.33. The number of ether oxygens (including phenoxy) is 1. The van der Waals surface area contributed by atoms with Crippen molar-refractivity contribution in [1.29, 1.82) is 10.5 Å². The van der Waals surface area contributed by atoms with Gasteiger partial charge in [0.15, 0.2) is 5.41 Å². The molecule has 0 fully saturated rings. The van der Waals surface area contributed by atoms with E-state index in [1.165, 1.54) is 0 Å². The van der Waals surface area contributed by atoms with Gasteiger partial charge in [-0.05, 0) is 40.7 Å². The Kier molecular flexibility index (Phi) is 4.40. The quantitative estimate of drug-likeness (QED) is 0.756. The van der Waals surface area contributed by atoms with Crippen LogP contribution >= 0.6 is 0 Å². The van der Waals surface area contributed by atoms with Crippen LogP contribution in [0.5, 0.6) is 0 Å².